The fraction of sp³-hybridized carbons (Fsp3) is 0.836. The third kappa shape index (κ3) is 19.5. The molecule has 11 amide bonds. The summed E-state index contributed by atoms with van der Waals surface area (Å²) < 4.78 is 41.9. The standard InChI is InChI=1S/C67H109ClF3N11O11/c1-13-41(4)56-64(92)77(8)38-54(84)76(7)39-55(85)80(11)52(37-44-22-15-14-16-23-44)63(91)78(9)43(6)58(86)73-49(30-28-45-27-29-47(48(68)36-45)67(69,70)71)62(90)82-33-21-26-50(82)60(88)75-66(31-19-20-32-66)65(93)81(12)57(46-24-17-18-25-46)61(89)72-42(5)35-53(83)79(10)51(34-40(2)3)59(87)74-56/h40-52,56-57H,13-39H2,1-12H3,(H,72,89)(H,73,86)(H,74,87)(H,75,88)/t41-,42+,43+,45?,47?,48?,49-,50-,51-,52-,56-,57-/m0/s1. The van der Waals surface area contributed by atoms with E-state index in [-0.39, 0.29) is 101 Å². The second-order valence-corrected chi connectivity index (χ2v) is 29.4. The van der Waals surface area contributed by atoms with Crippen LogP contribution in [0.25, 0.3) is 0 Å². The van der Waals surface area contributed by atoms with Crippen LogP contribution in [0, 0.1) is 35.5 Å². The van der Waals surface area contributed by atoms with Gasteiger partial charge < -0.3 is 55.6 Å². The molecular weight excluding hydrogens is 1230 g/mol. The monoisotopic (exact) mass is 1340 g/mol. The Morgan fingerprint density at radius 3 is 1.81 bits per heavy atom. The molecule has 1 spiro atoms. The van der Waals surface area contributed by atoms with Crippen LogP contribution in [0.4, 0.5) is 13.2 Å². The van der Waals surface area contributed by atoms with Gasteiger partial charge in [0.25, 0.3) is 0 Å². The first-order valence-electron chi connectivity index (χ1n) is 34.5. The van der Waals surface area contributed by atoms with Crippen molar-refractivity contribution in [2.24, 2.45) is 35.5 Å². The van der Waals surface area contributed by atoms with Crippen molar-refractivity contribution < 1.29 is 65.9 Å². The van der Waals surface area contributed by atoms with Crippen molar-refractivity contribution in [2.45, 2.75) is 261 Å². The fourth-order valence-corrected chi connectivity index (χ4v) is 15.7. The Kier molecular flexibility index (Phi) is 27.7. The number of fused-ring (bicyclic) bond motifs is 1. The lowest BCUT2D eigenvalue weighted by atomic mass is 9.78. The molecule has 6 aliphatic rings. The summed E-state index contributed by atoms with van der Waals surface area (Å²) in [5.74, 6) is -9.17. The topological polar surface area (TPSA) is 259 Å². The molecule has 0 aromatic carbocycles. The highest BCUT2D eigenvalue weighted by Crippen LogP contribution is 2.44. The van der Waals surface area contributed by atoms with Gasteiger partial charge in [0.15, 0.2) is 0 Å². The van der Waals surface area contributed by atoms with Crippen LogP contribution in [0.2, 0.25) is 0 Å². The molecule has 0 aromatic heterocycles. The van der Waals surface area contributed by atoms with Gasteiger partial charge in [-0.1, -0.05) is 91.9 Å². The first kappa shape index (κ1) is 76.3. The van der Waals surface area contributed by atoms with E-state index in [0.29, 0.717) is 38.5 Å². The average molecular weight is 1340 g/mol. The van der Waals surface area contributed by atoms with E-state index in [9.17, 15) is 56.3 Å². The normalized spacial score (nSPS) is 31.1. The van der Waals surface area contributed by atoms with Gasteiger partial charge in [-0.15, -0.1) is 11.6 Å². The molecule has 26 heteroatoms. The highest BCUT2D eigenvalue weighted by Gasteiger charge is 2.51. The number of halogens is 4. The number of rotatable bonds is 10. The van der Waals surface area contributed by atoms with Gasteiger partial charge >= 0.3 is 6.18 Å². The maximum absolute atomic E-state index is 15.3. The third-order valence-corrected chi connectivity index (χ3v) is 22.0. The number of carbonyl (C=O) groups is 11. The molecule has 3 unspecified atom stereocenters. The molecule has 4 N–H and O–H groups in total. The maximum atomic E-state index is 15.3. The number of amides is 11. The molecule has 93 heavy (non-hydrogen) atoms. The average Bonchev–Trinajstić information content (AvgIpc) is 1.73. The summed E-state index contributed by atoms with van der Waals surface area (Å²) in [6.07, 6.45) is 5.90. The molecule has 2 saturated heterocycles. The minimum Gasteiger partial charge on any atom is -0.351 e. The quantitative estimate of drug-likeness (QED) is 0.181. The highest BCUT2D eigenvalue weighted by atomic mass is 35.5. The van der Waals surface area contributed by atoms with E-state index in [4.69, 9.17) is 11.6 Å². The van der Waals surface area contributed by atoms with Gasteiger partial charge in [-0.2, -0.15) is 13.2 Å². The van der Waals surface area contributed by atoms with Crippen LogP contribution in [0.15, 0.2) is 0 Å². The van der Waals surface area contributed by atoms with Crippen LogP contribution in [0.1, 0.15) is 196 Å². The second-order valence-electron chi connectivity index (χ2n) is 28.8. The molecule has 6 fully saturated rings. The summed E-state index contributed by atoms with van der Waals surface area (Å²) in [6.45, 7) is 9.70. The van der Waals surface area contributed by atoms with Crippen molar-refractivity contribution in [2.75, 3.05) is 61.9 Å². The van der Waals surface area contributed by atoms with Crippen molar-refractivity contribution in [1.82, 2.24) is 55.6 Å². The Bertz CT molecular complexity index is 2650. The van der Waals surface area contributed by atoms with Gasteiger partial charge in [-0.3, -0.25) is 52.7 Å². The van der Waals surface area contributed by atoms with E-state index in [1.165, 1.54) is 71.6 Å². The minimum atomic E-state index is -4.49. The van der Waals surface area contributed by atoms with E-state index >= 15 is 9.59 Å². The van der Waals surface area contributed by atoms with Crippen molar-refractivity contribution in [3.63, 3.8) is 0 Å². The minimum absolute atomic E-state index is 0.0149. The maximum Gasteiger partial charge on any atom is 0.393 e. The summed E-state index contributed by atoms with van der Waals surface area (Å²) in [6, 6.07) is -8.74. The molecule has 0 bridgehead atoms. The number of hydrogen-bond acceptors (Lipinski definition) is 11. The molecule has 0 radical (unpaired) electrons. The Balaban J connectivity index is 1.37. The second kappa shape index (κ2) is 33.8. The van der Waals surface area contributed by atoms with E-state index in [1.54, 1.807) is 20.9 Å². The third-order valence-electron chi connectivity index (χ3n) is 21.5. The van der Waals surface area contributed by atoms with E-state index < -0.39 is 155 Å². The van der Waals surface area contributed by atoms with E-state index in [2.05, 4.69) is 21.3 Å². The lowest BCUT2D eigenvalue weighted by molar-refractivity contribution is -0.182. The molecule has 2 aliphatic heterocycles. The van der Waals surface area contributed by atoms with Gasteiger partial charge in [0.1, 0.15) is 47.8 Å². The number of carbonyl (C=O) groups excluding carboxylic acids is 11. The van der Waals surface area contributed by atoms with Gasteiger partial charge in [0.05, 0.1) is 19.0 Å². The van der Waals surface area contributed by atoms with Crippen molar-refractivity contribution >= 4 is 76.6 Å². The lowest BCUT2D eigenvalue weighted by Gasteiger charge is -2.40. The summed E-state index contributed by atoms with van der Waals surface area (Å²) >= 11 is 6.39. The molecule has 12 atom stereocenters. The van der Waals surface area contributed by atoms with Gasteiger partial charge in [0, 0.05) is 66.7 Å². The molecule has 22 nitrogen and oxygen atoms in total. The molecular formula is C67H109ClF3N11O11. The Morgan fingerprint density at radius 2 is 1.20 bits per heavy atom. The molecule has 526 valence electrons. The van der Waals surface area contributed by atoms with E-state index in [0.717, 1.165) is 49.8 Å². The summed E-state index contributed by atoms with van der Waals surface area (Å²) in [5.41, 5.74) is -1.46. The largest absolute Gasteiger partial charge is 0.393 e. The zero-order valence-electron chi connectivity index (χ0n) is 57.4. The van der Waals surface area contributed by atoms with Crippen molar-refractivity contribution in [1.29, 1.82) is 0 Å². The van der Waals surface area contributed by atoms with Gasteiger partial charge in [-0.05, 0) is 127 Å². The zero-order valence-corrected chi connectivity index (χ0v) is 58.1. The lowest BCUT2D eigenvalue weighted by Crippen LogP contribution is -2.64. The number of nitrogens with one attached hydrogen (secondary N) is 4. The molecule has 2 heterocycles. The first-order chi connectivity index (χ1) is 43.7. The Hall–Kier alpha value is -5.75. The van der Waals surface area contributed by atoms with Gasteiger partial charge in [-0.25, -0.2) is 0 Å². The van der Waals surface area contributed by atoms with Crippen LogP contribution < -0.4 is 21.3 Å². The number of likely N-dealkylation sites (N-methyl/N-ethyl adjacent to an activating group) is 6. The van der Waals surface area contributed by atoms with Crippen LogP contribution in [-0.2, 0) is 52.7 Å². The highest BCUT2D eigenvalue weighted by molar-refractivity contribution is 6.20. The number of nitrogens with zero attached hydrogens (tertiary/aromatic N) is 7. The predicted octanol–water partition coefficient (Wildman–Crippen LogP) is 6.15. The summed E-state index contributed by atoms with van der Waals surface area (Å²) in [5, 5.41) is 10.7. The number of alkyl halides is 4. The van der Waals surface area contributed by atoms with Crippen molar-refractivity contribution in [3.05, 3.63) is 0 Å². The Labute approximate surface area is 554 Å². The van der Waals surface area contributed by atoms with E-state index in [1.807, 2.05) is 20.8 Å². The Morgan fingerprint density at radius 1 is 0.591 bits per heavy atom. The molecule has 4 saturated carbocycles. The molecule has 0 aromatic rings. The fourth-order valence-electron chi connectivity index (χ4n) is 15.2. The van der Waals surface area contributed by atoms with Gasteiger partial charge in [0.2, 0.25) is 65.0 Å². The summed E-state index contributed by atoms with van der Waals surface area (Å²) in [4.78, 5) is 171. The SMILES string of the molecule is CC[C@H](C)[C@@H]1NC(=O)[C@H](CC(C)C)N(C)C(=O)C[C@@H](C)NC(=O)[C@H](C2CCCC2)N(C)C(=O)C2(CCCC2)NC(=O)[C@@H]2CCCN2C(=O)[C@H](CCC2CCC(C(F)(F)F)C(Cl)C2)NC(=O)[C@@H](C)N(C)C(=O)[C@H](CC2CCCCC2)N(C)C(=O)CN(C)C(=O)CN(C)C1=O. The van der Waals surface area contributed by atoms with Crippen LogP contribution in [0.5, 0.6) is 0 Å². The predicted molar refractivity (Wildman–Crippen MR) is 345 cm³/mol. The smallest absolute Gasteiger partial charge is 0.351 e. The number of hydrogen-bond donors (Lipinski definition) is 4. The van der Waals surface area contributed by atoms with Crippen LogP contribution in [-0.4, -0.2) is 227 Å². The molecule has 6 rings (SSSR count). The molecule has 4 aliphatic carbocycles. The zero-order chi connectivity index (χ0) is 69.0. The first-order valence-corrected chi connectivity index (χ1v) is 34.9. The van der Waals surface area contributed by atoms with Crippen molar-refractivity contribution in [3.8, 4) is 0 Å². The van der Waals surface area contributed by atoms with Crippen LogP contribution in [0.3, 0.4) is 0 Å². The van der Waals surface area contributed by atoms with Crippen LogP contribution >= 0.6 is 11.6 Å². The summed E-state index contributed by atoms with van der Waals surface area (Å²) in [7, 11) is 8.76.